The van der Waals surface area contributed by atoms with Crippen LogP contribution in [0, 0.1) is 6.92 Å². The minimum Gasteiger partial charge on any atom is -0.366 e. The molecule has 2 fully saturated rings. The quantitative estimate of drug-likeness (QED) is 0.705. The van der Waals surface area contributed by atoms with Gasteiger partial charge in [0.2, 0.25) is 0 Å². The normalized spacial score (nSPS) is 22.1. The van der Waals surface area contributed by atoms with E-state index in [1.165, 1.54) is 6.42 Å². The van der Waals surface area contributed by atoms with E-state index in [-0.39, 0.29) is 5.56 Å². The van der Waals surface area contributed by atoms with E-state index in [1.54, 1.807) is 4.57 Å². The van der Waals surface area contributed by atoms with Gasteiger partial charge in [0.1, 0.15) is 5.82 Å². The first-order valence-corrected chi connectivity index (χ1v) is 9.56. The van der Waals surface area contributed by atoms with Crippen LogP contribution in [0.2, 0.25) is 0 Å². The van der Waals surface area contributed by atoms with Crippen molar-refractivity contribution in [1.82, 2.24) is 14.5 Å². The molecule has 2 bridgehead atoms. The van der Waals surface area contributed by atoms with Crippen molar-refractivity contribution in [2.24, 2.45) is 7.05 Å². The lowest BCUT2D eigenvalue weighted by Crippen LogP contribution is -2.44. The molecule has 0 amide bonds. The highest BCUT2D eigenvalue weighted by Gasteiger charge is 2.41. The van der Waals surface area contributed by atoms with Gasteiger partial charge in [-0.25, -0.2) is 4.98 Å². The zero-order valence-corrected chi connectivity index (χ0v) is 16.0. The van der Waals surface area contributed by atoms with Crippen molar-refractivity contribution in [3.05, 3.63) is 58.4 Å². The number of hydrogen-bond acceptors (Lipinski definition) is 4. The summed E-state index contributed by atoms with van der Waals surface area (Å²) in [6.45, 7) is 4.20. The highest BCUT2D eigenvalue weighted by molar-refractivity contribution is 5.83. The lowest BCUT2D eigenvalue weighted by atomic mass is 10.1. The predicted octanol–water partition coefficient (Wildman–Crippen LogP) is 2.80. The number of fused-ring (bicyclic) bond motifs is 3. The molecule has 0 unspecified atom stereocenters. The van der Waals surface area contributed by atoms with Gasteiger partial charge in [-0.3, -0.25) is 14.3 Å². The number of benzene rings is 2. The molecular formula is C22H24N4O. The van der Waals surface area contributed by atoms with E-state index >= 15 is 0 Å². The number of likely N-dealkylation sites (tertiary alicyclic amines) is 1. The molecule has 0 spiro atoms. The summed E-state index contributed by atoms with van der Waals surface area (Å²) in [5, 5.41) is 0.697. The number of nitrogens with zero attached hydrogens (tertiary/aromatic N) is 4. The highest BCUT2D eigenvalue weighted by Crippen LogP contribution is 2.34. The highest BCUT2D eigenvalue weighted by atomic mass is 16.1. The summed E-state index contributed by atoms with van der Waals surface area (Å²) in [4.78, 5) is 22.8. The second-order valence-electron chi connectivity index (χ2n) is 8.01. The lowest BCUT2D eigenvalue weighted by Gasteiger charge is -2.33. The second kappa shape index (κ2) is 5.92. The third-order valence-corrected chi connectivity index (χ3v) is 6.18. The van der Waals surface area contributed by atoms with Gasteiger partial charge in [-0.1, -0.05) is 23.8 Å². The first-order valence-electron chi connectivity index (χ1n) is 9.56. The smallest absolute Gasteiger partial charge is 0.261 e. The Kier molecular flexibility index (Phi) is 3.62. The molecule has 0 N–H and O–H groups in total. The number of aromatic nitrogens is 2. The molecule has 138 valence electrons. The van der Waals surface area contributed by atoms with Crippen LogP contribution in [-0.4, -0.2) is 46.7 Å². The van der Waals surface area contributed by atoms with Crippen molar-refractivity contribution in [3.63, 3.8) is 0 Å². The number of rotatable bonds is 2. The van der Waals surface area contributed by atoms with Gasteiger partial charge in [0.05, 0.1) is 10.9 Å². The average molecular weight is 360 g/mol. The second-order valence-corrected chi connectivity index (χ2v) is 8.01. The Bertz CT molecular complexity index is 1100. The van der Waals surface area contributed by atoms with Gasteiger partial charge >= 0.3 is 0 Å². The molecule has 0 radical (unpaired) electrons. The van der Waals surface area contributed by atoms with Crippen LogP contribution >= 0.6 is 0 Å². The van der Waals surface area contributed by atoms with Crippen LogP contribution in [0.15, 0.2) is 47.3 Å². The minimum atomic E-state index is 0.0137. The molecule has 0 saturated carbocycles. The zero-order chi connectivity index (χ0) is 18.7. The number of hydrogen-bond donors (Lipinski definition) is 0. The molecule has 3 aromatic rings. The molecule has 2 atom stereocenters. The number of aryl methyl sites for hydroxylation is 1. The summed E-state index contributed by atoms with van der Waals surface area (Å²) >= 11 is 0. The summed E-state index contributed by atoms with van der Waals surface area (Å²) < 4.78 is 1.67. The summed E-state index contributed by atoms with van der Waals surface area (Å²) in [6, 6.07) is 15.5. The van der Waals surface area contributed by atoms with Crippen LogP contribution in [0.3, 0.4) is 0 Å². The fourth-order valence-corrected chi connectivity index (χ4v) is 4.66. The molecule has 3 heterocycles. The van der Waals surface area contributed by atoms with Gasteiger partial charge < -0.3 is 4.90 Å². The molecule has 5 nitrogen and oxygen atoms in total. The number of piperazine rings is 1. The Morgan fingerprint density at radius 3 is 2.59 bits per heavy atom. The fourth-order valence-electron chi connectivity index (χ4n) is 4.66. The average Bonchev–Trinajstić information content (AvgIpc) is 3.24. The molecule has 5 heteroatoms. The van der Waals surface area contributed by atoms with E-state index in [1.807, 2.05) is 31.3 Å². The van der Waals surface area contributed by atoms with Crippen molar-refractivity contribution in [3.8, 4) is 11.4 Å². The standard InChI is InChI=1S/C22H24N4O/c1-14-5-4-6-15(9-14)21-23-20-8-7-16(11-19(20)22(27)25(21)3)26-13-17-10-18(26)12-24(17)2/h4-9,11,17-18H,10,12-13H2,1-3H3/t17-,18+/m1/s1. The molecule has 2 aliphatic rings. The molecule has 27 heavy (non-hydrogen) atoms. The third kappa shape index (κ3) is 2.57. The molecule has 2 aromatic carbocycles. The van der Waals surface area contributed by atoms with Gasteiger partial charge in [-0.05, 0) is 44.7 Å². The van der Waals surface area contributed by atoms with Crippen LogP contribution in [-0.2, 0) is 7.05 Å². The Morgan fingerprint density at radius 1 is 1.04 bits per heavy atom. The van der Waals surface area contributed by atoms with Gasteiger partial charge in [0.25, 0.3) is 5.56 Å². The van der Waals surface area contributed by atoms with E-state index < -0.39 is 0 Å². The van der Waals surface area contributed by atoms with E-state index in [9.17, 15) is 4.79 Å². The van der Waals surface area contributed by atoms with Crippen molar-refractivity contribution in [1.29, 1.82) is 0 Å². The molecule has 5 rings (SSSR count). The van der Waals surface area contributed by atoms with Gasteiger partial charge in [0, 0.05) is 43.5 Å². The maximum atomic E-state index is 13.1. The van der Waals surface area contributed by atoms with Crippen LogP contribution in [0.4, 0.5) is 5.69 Å². The van der Waals surface area contributed by atoms with Gasteiger partial charge in [0.15, 0.2) is 0 Å². The molecule has 2 aliphatic heterocycles. The van der Waals surface area contributed by atoms with E-state index in [4.69, 9.17) is 4.98 Å². The Balaban J connectivity index is 1.60. The summed E-state index contributed by atoms with van der Waals surface area (Å²) in [5.41, 5.74) is 4.05. The molecule has 2 saturated heterocycles. The van der Waals surface area contributed by atoms with Gasteiger partial charge in [-0.2, -0.15) is 0 Å². The Hall–Kier alpha value is -2.66. The van der Waals surface area contributed by atoms with Crippen molar-refractivity contribution < 1.29 is 0 Å². The summed E-state index contributed by atoms with van der Waals surface area (Å²) in [7, 11) is 4.01. The van der Waals surface area contributed by atoms with Crippen LogP contribution in [0.25, 0.3) is 22.3 Å². The van der Waals surface area contributed by atoms with Gasteiger partial charge in [-0.15, -0.1) is 0 Å². The van der Waals surface area contributed by atoms with Crippen LogP contribution in [0.5, 0.6) is 0 Å². The van der Waals surface area contributed by atoms with E-state index in [0.717, 1.165) is 35.4 Å². The zero-order valence-electron chi connectivity index (χ0n) is 16.0. The van der Waals surface area contributed by atoms with Crippen LogP contribution in [0.1, 0.15) is 12.0 Å². The Morgan fingerprint density at radius 2 is 1.89 bits per heavy atom. The fraction of sp³-hybridized carbons (Fsp3) is 0.364. The maximum Gasteiger partial charge on any atom is 0.261 e. The largest absolute Gasteiger partial charge is 0.366 e. The van der Waals surface area contributed by atoms with E-state index in [0.29, 0.717) is 23.3 Å². The predicted molar refractivity (Wildman–Crippen MR) is 109 cm³/mol. The van der Waals surface area contributed by atoms with Crippen LogP contribution < -0.4 is 10.5 Å². The molecular weight excluding hydrogens is 336 g/mol. The van der Waals surface area contributed by atoms with Crippen molar-refractivity contribution in [2.45, 2.75) is 25.4 Å². The summed E-state index contributed by atoms with van der Waals surface area (Å²) in [5.74, 6) is 0.714. The first kappa shape index (κ1) is 16.5. The number of likely N-dealkylation sites (N-methyl/N-ethyl adjacent to an activating group) is 1. The summed E-state index contributed by atoms with van der Waals surface area (Å²) in [6.07, 6.45) is 1.22. The number of anilines is 1. The third-order valence-electron chi connectivity index (χ3n) is 6.18. The lowest BCUT2D eigenvalue weighted by molar-refractivity contribution is 0.292. The first-order chi connectivity index (χ1) is 13.0. The Labute approximate surface area is 158 Å². The van der Waals surface area contributed by atoms with Crippen molar-refractivity contribution in [2.75, 3.05) is 25.0 Å². The van der Waals surface area contributed by atoms with E-state index in [2.05, 4.69) is 42.0 Å². The molecule has 0 aliphatic carbocycles. The maximum absolute atomic E-state index is 13.1. The SMILES string of the molecule is Cc1cccc(-c2nc3ccc(N4C[C@H]5C[C@H]4CN5C)cc3c(=O)n2C)c1. The molecule has 1 aromatic heterocycles. The van der Waals surface area contributed by atoms with Crippen molar-refractivity contribution >= 4 is 16.6 Å². The topological polar surface area (TPSA) is 41.4 Å². The monoisotopic (exact) mass is 360 g/mol. The minimum absolute atomic E-state index is 0.0137.